The summed E-state index contributed by atoms with van der Waals surface area (Å²) < 4.78 is 0. The van der Waals surface area contributed by atoms with Crippen LogP contribution >= 0.6 is 0 Å². The third-order valence-corrected chi connectivity index (χ3v) is 3.42. The average molecular weight is 152 g/mol. The lowest BCUT2D eigenvalue weighted by molar-refractivity contribution is 0.114. The van der Waals surface area contributed by atoms with Gasteiger partial charge in [0.15, 0.2) is 0 Å². The maximum Gasteiger partial charge on any atom is 0.0641 e. The largest absolute Gasteiger partial charge is 0.392 e. The molecule has 0 bridgehead atoms. The minimum Gasteiger partial charge on any atom is -0.392 e. The summed E-state index contributed by atoms with van der Waals surface area (Å²) in [5, 5.41) is 8.88. The predicted molar refractivity (Wildman–Crippen MR) is 45.3 cm³/mol. The monoisotopic (exact) mass is 152 g/mol. The number of hydrogen-bond acceptors (Lipinski definition) is 1. The molecule has 0 atom stereocenters. The normalized spacial score (nSPS) is 27.9. The van der Waals surface area contributed by atoms with Gasteiger partial charge in [-0.2, -0.15) is 0 Å². The topological polar surface area (TPSA) is 20.2 Å². The maximum atomic E-state index is 8.88. The van der Waals surface area contributed by atoms with Crippen molar-refractivity contribution in [3.63, 3.8) is 0 Å². The number of rotatable bonds is 1. The Balaban J connectivity index is 1.98. The summed E-state index contributed by atoms with van der Waals surface area (Å²) in [5.74, 6) is 0. The third-order valence-electron chi connectivity index (χ3n) is 3.42. The smallest absolute Gasteiger partial charge is 0.0641 e. The fraction of sp³-hybridized carbons (Fsp3) is 0.800. The molecule has 0 aliphatic heterocycles. The lowest BCUT2D eigenvalue weighted by Crippen LogP contribution is -2.31. The molecule has 62 valence electrons. The zero-order valence-electron chi connectivity index (χ0n) is 6.97. The second kappa shape index (κ2) is 2.63. The summed E-state index contributed by atoms with van der Waals surface area (Å²) in [6.07, 6.45) is 10.3. The molecule has 1 N–H and O–H groups in total. The lowest BCUT2D eigenvalue weighted by Gasteiger charge is -2.44. The Bertz CT molecular complexity index is 177. The molecule has 11 heavy (non-hydrogen) atoms. The van der Waals surface area contributed by atoms with E-state index in [0.29, 0.717) is 5.41 Å². The van der Waals surface area contributed by atoms with Crippen LogP contribution in [0.15, 0.2) is 11.6 Å². The Morgan fingerprint density at radius 2 is 2.18 bits per heavy atom. The van der Waals surface area contributed by atoms with Crippen LogP contribution in [0.5, 0.6) is 0 Å². The first-order chi connectivity index (χ1) is 5.35. The van der Waals surface area contributed by atoms with Crippen molar-refractivity contribution in [2.45, 2.75) is 38.5 Å². The zero-order chi connectivity index (χ0) is 7.73. The fourth-order valence-electron chi connectivity index (χ4n) is 2.27. The van der Waals surface area contributed by atoms with E-state index in [1.54, 1.807) is 0 Å². The van der Waals surface area contributed by atoms with E-state index in [4.69, 9.17) is 5.11 Å². The SMILES string of the molecule is OCC1=CCC2(CCC2)CC1. The molecular formula is C10H16O. The van der Waals surface area contributed by atoms with Crippen molar-refractivity contribution in [3.05, 3.63) is 11.6 Å². The zero-order valence-corrected chi connectivity index (χ0v) is 6.97. The van der Waals surface area contributed by atoms with Crippen molar-refractivity contribution >= 4 is 0 Å². The van der Waals surface area contributed by atoms with Gasteiger partial charge in [-0.25, -0.2) is 0 Å². The average Bonchev–Trinajstić information content (AvgIpc) is 2.02. The van der Waals surface area contributed by atoms with Crippen LogP contribution in [0, 0.1) is 5.41 Å². The van der Waals surface area contributed by atoms with Crippen molar-refractivity contribution in [3.8, 4) is 0 Å². The van der Waals surface area contributed by atoms with E-state index >= 15 is 0 Å². The van der Waals surface area contributed by atoms with Crippen molar-refractivity contribution in [1.82, 2.24) is 0 Å². The molecule has 0 saturated heterocycles. The van der Waals surface area contributed by atoms with Gasteiger partial charge in [0.05, 0.1) is 6.61 Å². The van der Waals surface area contributed by atoms with Crippen molar-refractivity contribution in [1.29, 1.82) is 0 Å². The summed E-state index contributed by atoms with van der Waals surface area (Å²) in [7, 11) is 0. The van der Waals surface area contributed by atoms with E-state index in [1.807, 2.05) is 0 Å². The molecule has 0 aromatic carbocycles. The van der Waals surface area contributed by atoms with Crippen molar-refractivity contribution in [2.75, 3.05) is 6.61 Å². The van der Waals surface area contributed by atoms with E-state index in [2.05, 4.69) is 6.08 Å². The van der Waals surface area contributed by atoms with Gasteiger partial charge in [0, 0.05) is 0 Å². The highest BCUT2D eigenvalue weighted by atomic mass is 16.3. The summed E-state index contributed by atoms with van der Waals surface area (Å²) in [5.41, 5.74) is 1.96. The molecule has 0 heterocycles. The molecule has 0 amide bonds. The van der Waals surface area contributed by atoms with Crippen molar-refractivity contribution < 1.29 is 5.11 Å². The standard InChI is InChI=1S/C10H16O/c11-8-9-2-6-10(7-3-9)4-1-5-10/h2,11H,1,3-8H2. The van der Waals surface area contributed by atoms with E-state index in [-0.39, 0.29) is 6.61 Å². The number of aliphatic hydroxyl groups is 1. The van der Waals surface area contributed by atoms with Crippen LogP contribution in [0.2, 0.25) is 0 Å². The minimum atomic E-state index is 0.288. The summed E-state index contributed by atoms with van der Waals surface area (Å²) in [4.78, 5) is 0. The molecule has 1 heteroatoms. The second-order valence-electron chi connectivity index (χ2n) is 4.08. The molecule has 0 radical (unpaired) electrons. The first-order valence-electron chi connectivity index (χ1n) is 4.63. The van der Waals surface area contributed by atoms with E-state index < -0.39 is 0 Å². The van der Waals surface area contributed by atoms with Gasteiger partial charge in [0.1, 0.15) is 0 Å². The van der Waals surface area contributed by atoms with Gasteiger partial charge in [0.25, 0.3) is 0 Å². The fourth-order valence-corrected chi connectivity index (χ4v) is 2.27. The van der Waals surface area contributed by atoms with Gasteiger partial charge >= 0.3 is 0 Å². The van der Waals surface area contributed by atoms with Crippen LogP contribution < -0.4 is 0 Å². The molecule has 1 spiro atoms. The van der Waals surface area contributed by atoms with Crippen LogP contribution in [0.4, 0.5) is 0 Å². The first kappa shape index (κ1) is 7.35. The summed E-state index contributed by atoms with van der Waals surface area (Å²) in [6, 6.07) is 0. The Morgan fingerprint density at radius 1 is 1.36 bits per heavy atom. The van der Waals surface area contributed by atoms with E-state index in [9.17, 15) is 0 Å². The summed E-state index contributed by atoms with van der Waals surface area (Å²) in [6.45, 7) is 0.288. The highest BCUT2D eigenvalue weighted by Crippen LogP contribution is 2.50. The van der Waals surface area contributed by atoms with Gasteiger partial charge in [-0.15, -0.1) is 0 Å². The Hall–Kier alpha value is -0.300. The number of allylic oxidation sites excluding steroid dienone is 1. The predicted octanol–water partition coefficient (Wildman–Crippen LogP) is 2.26. The van der Waals surface area contributed by atoms with Crippen LogP contribution in [0.25, 0.3) is 0 Å². The van der Waals surface area contributed by atoms with Crippen LogP contribution in [-0.4, -0.2) is 11.7 Å². The molecule has 0 aromatic heterocycles. The van der Waals surface area contributed by atoms with Gasteiger partial charge in [-0.3, -0.25) is 0 Å². The molecule has 0 unspecified atom stereocenters. The molecule has 2 aliphatic rings. The van der Waals surface area contributed by atoms with Gasteiger partial charge in [0.2, 0.25) is 0 Å². The van der Waals surface area contributed by atoms with Crippen LogP contribution in [0.1, 0.15) is 38.5 Å². The van der Waals surface area contributed by atoms with Crippen LogP contribution in [-0.2, 0) is 0 Å². The quantitative estimate of drug-likeness (QED) is 0.571. The highest BCUT2D eigenvalue weighted by Gasteiger charge is 2.37. The Labute approximate surface area is 68.1 Å². The Morgan fingerprint density at radius 3 is 2.55 bits per heavy atom. The molecule has 1 nitrogen and oxygen atoms in total. The second-order valence-corrected chi connectivity index (χ2v) is 4.08. The summed E-state index contributed by atoms with van der Waals surface area (Å²) >= 11 is 0. The van der Waals surface area contributed by atoms with Crippen molar-refractivity contribution in [2.24, 2.45) is 5.41 Å². The molecule has 1 fully saturated rings. The lowest BCUT2D eigenvalue weighted by atomic mass is 9.61. The molecular weight excluding hydrogens is 136 g/mol. The highest BCUT2D eigenvalue weighted by molar-refractivity contribution is 5.11. The number of hydrogen-bond donors (Lipinski definition) is 1. The first-order valence-corrected chi connectivity index (χ1v) is 4.63. The number of aliphatic hydroxyl groups excluding tert-OH is 1. The van der Waals surface area contributed by atoms with Gasteiger partial charge in [-0.1, -0.05) is 12.5 Å². The molecule has 2 rings (SSSR count). The van der Waals surface area contributed by atoms with E-state index in [1.165, 1.54) is 37.7 Å². The van der Waals surface area contributed by atoms with Crippen LogP contribution in [0.3, 0.4) is 0 Å². The molecule has 1 saturated carbocycles. The molecule has 2 aliphatic carbocycles. The third kappa shape index (κ3) is 1.22. The van der Waals surface area contributed by atoms with Gasteiger partial charge in [-0.05, 0) is 43.1 Å². The van der Waals surface area contributed by atoms with Gasteiger partial charge < -0.3 is 5.11 Å². The minimum absolute atomic E-state index is 0.288. The maximum absolute atomic E-state index is 8.88. The molecule has 0 aromatic rings. The Kier molecular flexibility index (Phi) is 1.76. The van der Waals surface area contributed by atoms with E-state index in [0.717, 1.165) is 6.42 Å².